The molecule has 1 aliphatic heterocycles. The molecule has 3 rings (SSSR count). The summed E-state index contributed by atoms with van der Waals surface area (Å²) in [6.07, 6.45) is 2.56. The van der Waals surface area contributed by atoms with Gasteiger partial charge in [-0.1, -0.05) is 11.6 Å². The monoisotopic (exact) mass is 397 g/mol. The Bertz CT molecular complexity index is 962. The molecule has 26 heavy (non-hydrogen) atoms. The predicted octanol–water partition coefficient (Wildman–Crippen LogP) is 3.45. The van der Waals surface area contributed by atoms with Crippen LogP contribution in [0.1, 0.15) is 22.3 Å². The molecule has 2 aromatic carbocycles. The van der Waals surface area contributed by atoms with E-state index in [0.717, 1.165) is 11.6 Å². The number of sulfonamides is 1. The van der Waals surface area contributed by atoms with Crippen LogP contribution in [0.15, 0.2) is 36.4 Å². The Balaban J connectivity index is 1.76. The molecule has 0 N–H and O–H groups in total. The van der Waals surface area contributed by atoms with Gasteiger partial charge < -0.3 is 4.74 Å². The lowest BCUT2D eigenvalue weighted by Crippen LogP contribution is -2.34. The van der Waals surface area contributed by atoms with Crippen molar-refractivity contribution in [2.24, 2.45) is 0 Å². The van der Waals surface area contributed by atoms with Crippen LogP contribution in [-0.2, 0) is 16.4 Å². The minimum atomic E-state index is -3.35. The van der Waals surface area contributed by atoms with E-state index in [9.17, 15) is 17.6 Å². The summed E-state index contributed by atoms with van der Waals surface area (Å²) in [6.45, 7) is 0.186. The van der Waals surface area contributed by atoms with E-state index in [-0.39, 0.29) is 23.2 Å². The van der Waals surface area contributed by atoms with Gasteiger partial charge in [-0.2, -0.15) is 0 Å². The third-order valence-corrected chi connectivity index (χ3v) is 5.61. The van der Waals surface area contributed by atoms with Gasteiger partial charge in [-0.05, 0) is 54.8 Å². The minimum Gasteiger partial charge on any atom is -0.484 e. The molecule has 2 aromatic rings. The Labute approximate surface area is 156 Å². The highest BCUT2D eigenvalue weighted by Crippen LogP contribution is 2.30. The summed E-state index contributed by atoms with van der Waals surface area (Å²) in [7, 11) is -3.35. The third-order valence-electron chi connectivity index (χ3n) is 4.13. The molecule has 5 nitrogen and oxygen atoms in total. The zero-order valence-corrected chi connectivity index (χ0v) is 15.6. The first-order chi connectivity index (χ1) is 12.3. The number of benzene rings is 2. The first kappa shape index (κ1) is 18.7. The molecule has 1 aliphatic rings. The number of carbonyl (C=O) groups is 1. The van der Waals surface area contributed by atoms with E-state index >= 15 is 0 Å². The van der Waals surface area contributed by atoms with Crippen LogP contribution in [0, 0.1) is 5.82 Å². The molecular weight excluding hydrogens is 381 g/mol. The second-order valence-electron chi connectivity index (χ2n) is 6.07. The lowest BCUT2D eigenvalue weighted by molar-refractivity contribution is 0.0921. The van der Waals surface area contributed by atoms with E-state index in [1.165, 1.54) is 22.7 Å². The lowest BCUT2D eigenvalue weighted by atomic mass is 9.99. The fourth-order valence-electron chi connectivity index (χ4n) is 2.90. The number of carbonyl (C=O) groups excluding carboxylic acids is 1. The number of ketones is 1. The molecule has 0 spiro atoms. The molecule has 0 saturated carbocycles. The van der Waals surface area contributed by atoms with Gasteiger partial charge in [0.15, 0.2) is 12.4 Å². The highest BCUT2D eigenvalue weighted by Gasteiger charge is 2.24. The van der Waals surface area contributed by atoms with Crippen LogP contribution in [0.5, 0.6) is 5.75 Å². The first-order valence-electron chi connectivity index (χ1n) is 7.97. The van der Waals surface area contributed by atoms with Crippen molar-refractivity contribution >= 4 is 33.1 Å². The van der Waals surface area contributed by atoms with Crippen molar-refractivity contribution in [1.29, 1.82) is 0 Å². The second kappa shape index (κ2) is 7.25. The number of anilines is 1. The molecule has 8 heteroatoms. The molecule has 1 heterocycles. The average molecular weight is 398 g/mol. The van der Waals surface area contributed by atoms with Gasteiger partial charge in [0.1, 0.15) is 11.6 Å². The van der Waals surface area contributed by atoms with E-state index < -0.39 is 15.8 Å². The van der Waals surface area contributed by atoms with Crippen LogP contribution >= 0.6 is 11.6 Å². The van der Waals surface area contributed by atoms with Crippen molar-refractivity contribution in [2.45, 2.75) is 12.8 Å². The Hall–Kier alpha value is -2.12. The number of Topliss-reactive ketones (excluding diaryl/α,β-unsaturated/α-hetero) is 1. The zero-order valence-electron chi connectivity index (χ0n) is 14.0. The van der Waals surface area contributed by atoms with Crippen molar-refractivity contribution in [3.05, 3.63) is 58.4 Å². The number of hydrogen-bond donors (Lipinski definition) is 0. The van der Waals surface area contributed by atoms with E-state index in [2.05, 4.69) is 0 Å². The van der Waals surface area contributed by atoms with E-state index in [0.29, 0.717) is 30.6 Å². The lowest BCUT2D eigenvalue weighted by Gasteiger charge is -2.29. The topological polar surface area (TPSA) is 63.7 Å². The molecule has 0 bridgehead atoms. The summed E-state index contributed by atoms with van der Waals surface area (Å²) in [5, 5.41) is 0.0898. The number of aryl methyl sites for hydroxylation is 1. The van der Waals surface area contributed by atoms with Gasteiger partial charge in [-0.15, -0.1) is 0 Å². The van der Waals surface area contributed by atoms with Crippen molar-refractivity contribution in [3.8, 4) is 5.75 Å². The molecule has 0 radical (unpaired) electrons. The van der Waals surface area contributed by atoms with Gasteiger partial charge in [0.05, 0.1) is 17.0 Å². The van der Waals surface area contributed by atoms with Crippen molar-refractivity contribution < 1.29 is 22.3 Å². The first-order valence-corrected chi connectivity index (χ1v) is 10.2. The maximum absolute atomic E-state index is 13.0. The summed E-state index contributed by atoms with van der Waals surface area (Å²) in [4.78, 5) is 12.4. The van der Waals surface area contributed by atoms with Crippen LogP contribution in [0.3, 0.4) is 0 Å². The number of fused-ring (bicyclic) bond motifs is 1. The van der Waals surface area contributed by atoms with Crippen LogP contribution in [-0.4, -0.2) is 33.6 Å². The fourth-order valence-corrected chi connectivity index (χ4v) is 4.12. The number of ether oxygens (including phenoxy) is 1. The number of nitrogens with zero attached hydrogens (tertiary/aromatic N) is 1. The predicted molar refractivity (Wildman–Crippen MR) is 98.2 cm³/mol. The number of halogens is 2. The standard InChI is InChI=1S/C18H17ClFNO4S/c1-26(23,24)21-8-2-3-12-9-13(4-6-16(12)21)17(22)11-25-18-7-5-14(20)10-15(18)19/h4-7,9-10H,2-3,8,11H2,1H3. The SMILES string of the molecule is CS(=O)(=O)N1CCCc2cc(C(=O)COc3ccc(F)cc3Cl)ccc21. The molecule has 0 saturated heterocycles. The van der Waals surface area contributed by atoms with Crippen molar-refractivity contribution in [3.63, 3.8) is 0 Å². The molecule has 138 valence electrons. The van der Waals surface area contributed by atoms with E-state index in [4.69, 9.17) is 16.3 Å². The van der Waals surface area contributed by atoms with Gasteiger partial charge in [0.2, 0.25) is 10.0 Å². The summed E-state index contributed by atoms with van der Waals surface area (Å²) < 4.78 is 43.5. The summed E-state index contributed by atoms with van der Waals surface area (Å²) in [6, 6.07) is 8.60. The van der Waals surface area contributed by atoms with Crippen LogP contribution in [0.25, 0.3) is 0 Å². The Morgan fingerprint density at radius 3 is 2.73 bits per heavy atom. The van der Waals surface area contributed by atoms with Crippen molar-refractivity contribution in [1.82, 2.24) is 0 Å². The van der Waals surface area contributed by atoms with Gasteiger partial charge in [-0.3, -0.25) is 9.10 Å². The summed E-state index contributed by atoms with van der Waals surface area (Å²) in [5.74, 6) is -0.536. The molecule has 0 amide bonds. The Kier molecular flexibility index (Phi) is 5.20. The molecule has 0 atom stereocenters. The zero-order chi connectivity index (χ0) is 18.9. The third kappa shape index (κ3) is 3.99. The Morgan fingerprint density at radius 2 is 2.04 bits per heavy atom. The van der Waals surface area contributed by atoms with E-state index in [1.807, 2.05) is 0 Å². The average Bonchev–Trinajstić information content (AvgIpc) is 2.59. The minimum absolute atomic E-state index is 0.0898. The quantitative estimate of drug-likeness (QED) is 0.725. The van der Waals surface area contributed by atoms with Gasteiger partial charge in [0, 0.05) is 12.1 Å². The van der Waals surface area contributed by atoms with E-state index in [1.54, 1.807) is 18.2 Å². The molecule has 0 fully saturated rings. The number of rotatable bonds is 5. The largest absolute Gasteiger partial charge is 0.484 e. The summed E-state index contributed by atoms with van der Waals surface area (Å²) >= 11 is 5.87. The highest BCUT2D eigenvalue weighted by molar-refractivity contribution is 7.92. The van der Waals surface area contributed by atoms with Crippen LogP contribution in [0.2, 0.25) is 5.02 Å². The van der Waals surface area contributed by atoms with Gasteiger partial charge >= 0.3 is 0 Å². The number of hydrogen-bond acceptors (Lipinski definition) is 4. The smallest absolute Gasteiger partial charge is 0.232 e. The van der Waals surface area contributed by atoms with Crippen molar-refractivity contribution in [2.75, 3.05) is 23.7 Å². The van der Waals surface area contributed by atoms with Crippen LogP contribution in [0.4, 0.5) is 10.1 Å². The molecular formula is C18H17ClFNO4S. The highest BCUT2D eigenvalue weighted by atomic mass is 35.5. The molecule has 0 unspecified atom stereocenters. The summed E-state index contributed by atoms with van der Waals surface area (Å²) in [5.41, 5.74) is 1.85. The maximum Gasteiger partial charge on any atom is 0.232 e. The fraction of sp³-hybridized carbons (Fsp3) is 0.278. The molecule has 0 aromatic heterocycles. The second-order valence-corrected chi connectivity index (χ2v) is 8.38. The Morgan fingerprint density at radius 1 is 1.27 bits per heavy atom. The maximum atomic E-state index is 13.0. The van der Waals surface area contributed by atoms with Crippen LogP contribution < -0.4 is 9.04 Å². The van der Waals surface area contributed by atoms with Gasteiger partial charge in [-0.25, -0.2) is 12.8 Å². The molecule has 0 aliphatic carbocycles. The normalized spacial score (nSPS) is 14.0. The van der Waals surface area contributed by atoms with Gasteiger partial charge in [0.25, 0.3) is 0 Å².